The molecule has 1 atom stereocenters. The first-order chi connectivity index (χ1) is 5.61. The van der Waals surface area contributed by atoms with Crippen LogP contribution in [0.5, 0.6) is 0 Å². The second kappa shape index (κ2) is 3.73. The van der Waals surface area contributed by atoms with Crippen molar-refractivity contribution in [3.8, 4) is 0 Å². The van der Waals surface area contributed by atoms with Gasteiger partial charge in [-0.05, 0) is 12.1 Å². The summed E-state index contributed by atoms with van der Waals surface area (Å²) in [5.74, 6) is 0. The minimum atomic E-state index is -2.60. The fourth-order valence-electron chi connectivity index (χ4n) is 0.759. The van der Waals surface area contributed by atoms with Crippen LogP contribution in [0.2, 0.25) is 0 Å². The summed E-state index contributed by atoms with van der Waals surface area (Å²) < 4.78 is 43.1. The number of rotatable bonds is 2. The van der Waals surface area contributed by atoms with Crippen LogP contribution in [-0.4, -0.2) is 8.76 Å². The maximum atomic E-state index is 12.0. The van der Waals surface area contributed by atoms with Crippen LogP contribution in [0.1, 0.15) is 12.0 Å². The van der Waals surface area contributed by atoms with E-state index in [4.69, 9.17) is 4.55 Å². The lowest BCUT2D eigenvalue weighted by Gasteiger charge is -1.99. The fourth-order valence-corrected chi connectivity index (χ4v) is 1.19. The molecule has 0 aromatic heterocycles. The van der Waals surface area contributed by atoms with Gasteiger partial charge in [0.2, 0.25) is 0 Å². The van der Waals surface area contributed by atoms with Crippen molar-refractivity contribution in [1.82, 2.24) is 0 Å². The Labute approximate surface area is 70.5 Å². The minimum absolute atomic E-state index is 0.00667. The first kappa shape index (κ1) is 9.28. The van der Waals surface area contributed by atoms with Crippen LogP contribution in [0.15, 0.2) is 29.2 Å². The van der Waals surface area contributed by atoms with E-state index in [1.54, 1.807) is 0 Å². The molecule has 0 aliphatic heterocycles. The van der Waals surface area contributed by atoms with E-state index in [0.717, 1.165) is 6.07 Å². The van der Waals surface area contributed by atoms with Crippen LogP contribution < -0.4 is 0 Å². The normalized spacial score (nSPS) is 13.3. The molecule has 1 rings (SSSR count). The Balaban J connectivity index is 3.04. The van der Waals surface area contributed by atoms with Crippen molar-refractivity contribution in [2.24, 2.45) is 0 Å². The van der Waals surface area contributed by atoms with Gasteiger partial charge in [-0.2, -0.15) is 0 Å². The van der Waals surface area contributed by atoms with Crippen LogP contribution in [0.3, 0.4) is 0 Å². The largest absolute Gasteiger partial charge is 0.302 e. The van der Waals surface area contributed by atoms with E-state index in [1.165, 1.54) is 18.2 Å². The number of hydrogen-bond donors (Lipinski definition) is 1. The Kier molecular flexibility index (Phi) is 2.88. The molecule has 0 aliphatic rings. The third-order valence-corrected chi connectivity index (χ3v) is 1.97. The predicted molar refractivity (Wildman–Crippen MR) is 40.4 cm³/mol. The molecule has 0 amide bonds. The molecule has 1 unspecified atom stereocenters. The molecule has 1 N–H and O–H groups in total. The summed E-state index contributed by atoms with van der Waals surface area (Å²) in [6.45, 7) is 0. The average Bonchev–Trinajstić information content (AvgIpc) is 2.04. The molecule has 5 heteroatoms. The van der Waals surface area contributed by atoms with Gasteiger partial charge in [0.25, 0.3) is 6.43 Å². The van der Waals surface area contributed by atoms with Gasteiger partial charge >= 0.3 is 0 Å². The van der Waals surface area contributed by atoms with Gasteiger partial charge in [-0.25, -0.2) is 13.0 Å². The standard InChI is InChI=1S/C7H6F2O2S/c8-7(9)5-2-1-3-6(4-5)12(10)11/h1-4,7H,(H,10,11). The molecule has 1 aromatic carbocycles. The van der Waals surface area contributed by atoms with Gasteiger partial charge in [-0.3, -0.25) is 0 Å². The second-order valence-electron chi connectivity index (χ2n) is 2.12. The summed E-state index contributed by atoms with van der Waals surface area (Å²) in [5, 5.41) is 0. The second-order valence-corrected chi connectivity index (χ2v) is 3.09. The summed E-state index contributed by atoms with van der Waals surface area (Å²) in [6, 6.07) is 4.87. The minimum Gasteiger partial charge on any atom is -0.302 e. The zero-order valence-electron chi connectivity index (χ0n) is 5.91. The summed E-state index contributed by atoms with van der Waals surface area (Å²) in [4.78, 5) is -0.00667. The van der Waals surface area contributed by atoms with Crippen LogP contribution in [0.25, 0.3) is 0 Å². The van der Waals surface area contributed by atoms with Gasteiger partial charge in [-0.1, -0.05) is 12.1 Å². The Morgan fingerprint density at radius 3 is 2.58 bits per heavy atom. The molecule has 0 fully saturated rings. The molecule has 1 aromatic rings. The molecule has 66 valence electrons. The molecule has 0 spiro atoms. The first-order valence-corrected chi connectivity index (χ1v) is 4.21. The van der Waals surface area contributed by atoms with E-state index in [2.05, 4.69) is 0 Å². The van der Waals surface area contributed by atoms with Crippen molar-refractivity contribution >= 4 is 11.1 Å². The Bertz CT molecular complexity index is 301. The van der Waals surface area contributed by atoms with Crippen LogP contribution in [-0.2, 0) is 11.1 Å². The summed E-state index contributed by atoms with van der Waals surface area (Å²) in [6.07, 6.45) is -2.60. The van der Waals surface area contributed by atoms with E-state index < -0.39 is 17.5 Å². The highest BCUT2D eigenvalue weighted by atomic mass is 32.2. The first-order valence-electron chi connectivity index (χ1n) is 3.10. The molecule has 0 heterocycles. The van der Waals surface area contributed by atoms with Crippen molar-refractivity contribution in [3.05, 3.63) is 29.8 Å². The van der Waals surface area contributed by atoms with Crippen molar-refractivity contribution in [2.75, 3.05) is 0 Å². The van der Waals surface area contributed by atoms with Gasteiger partial charge in [0.15, 0.2) is 11.1 Å². The quantitative estimate of drug-likeness (QED) is 0.729. The molecule has 0 aliphatic carbocycles. The third-order valence-electron chi connectivity index (χ3n) is 1.31. The van der Waals surface area contributed by atoms with Gasteiger partial charge < -0.3 is 4.55 Å². The van der Waals surface area contributed by atoms with Gasteiger partial charge in [0.1, 0.15) is 0 Å². The molecular weight excluding hydrogens is 186 g/mol. The highest BCUT2D eigenvalue weighted by Crippen LogP contribution is 2.20. The van der Waals surface area contributed by atoms with E-state index in [9.17, 15) is 13.0 Å². The average molecular weight is 192 g/mol. The molecule has 0 radical (unpaired) electrons. The topological polar surface area (TPSA) is 37.3 Å². The number of halogens is 2. The van der Waals surface area contributed by atoms with E-state index >= 15 is 0 Å². The third kappa shape index (κ3) is 2.09. The van der Waals surface area contributed by atoms with Crippen molar-refractivity contribution in [1.29, 1.82) is 0 Å². The van der Waals surface area contributed by atoms with Crippen molar-refractivity contribution < 1.29 is 17.5 Å². The molecule has 12 heavy (non-hydrogen) atoms. The van der Waals surface area contributed by atoms with Crippen molar-refractivity contribution in [3.63, 3.8) is 0 Å². The molecular formula is C7H6F2O2S. The number of benzene rings is 1. The van der Waals surface area contributed by atoms with Crippen LogP contribution >= 0.6 is 0 Å². The Morgan fingerprint density at radius 2 is 2.08 bits per heavy atom. The SMILES string of the molecule is O=S(O)c1cccc(C(F)F)c1. The Hall–Kier alpha value is -0.810. The molecule has 0 saturated heterocycles. The monoisotopic (exact) mass is 192 g/mol. The van der Waals surface area contributed by atoms with E-state index in [0.29, 0.717) is 0 Å². The highest BCUT2D eigenvalue weighted by Gasteiger charge is 2.08. The zero-order valence-corrected chi connectivity index (χ0v) is 6.72. The number of hydrogen-bond acceptors (Lipinski definition) is 1. The van der Waals surface area contributed by atoms with Gasteiger partial charge in [-0.15, -0.1) is 0 Å². The molecule has 0 bridgehead atoms. The molecule has 0 saturated carbocycles. The lowest BCUT2D eigenvalue weighted by atomic mass is 10.2. The lowest BCUT2D eigenvalue weighted by molar-refractivity contribution is 0.151. The summed E-state index contributed by atoms with van der Waals surface area (Å²) in [7, 11) is 0. The lowest BCUT2D eigenvalue weighted by Crippen LogP contribution is -1.90. The molecule has 2 nitrogen and oxygen atoms in total. The van der Waals surface area contributed by atoms with E-state index in [-0.39, 0.29) is 10.5 Å². The Morgan fingerprint density at radius 1 is 1.42 bits per heavy atom. The fraction of sp³-hybridized carbons (Fsp3) is 0.143. The van der Waals surface area contributed by atoms with Crippen LogP contribution in [0, 0.1) is 0 Å². The van der Waals surface area contributed by atoms with Gasteiger partial charge in [0.05, 0.1) is 4.90 Å². The maximum absolute atomic E-state index is 12.0. The number of alkyl halides is 2. The highest BCUT2D eigenvalue weighted by molar-refractivity contribution is 7.79. The predicted octanol–water partition coefficient (Wildman–Crippen LogP) is 2.20. The zero-order chi connectivity index (χ0) is 9.14. The van der Waals surface area contributed by atoms with E-state index in [1.807, 2.05) is 0 Å². The van der Waals surface area contributed by atoms with Crippen LogP contribution in [0.4, 0.5) is 8.78 Å². The van der Waals surface area contributed by atoms with Gasteiger partial charge in [0, 0.05) is 5.56 Å². The summed E-state index contributed by atoms with van der Waals surface area (Å²) >= 11 is -2.19. The van der Waals surface area contributed by atoms with Crippen molar-refractivity contribution in [2.45, 2.75) is 11.3 Å². The smallest absolute Gasteiger partial charge is 0.263 e. The summed E-state index contributed by atoms with van der Waals surface area (Å²) in [5.41, 5.74) is -0.241. The maximum Gasteiger partial charge on any atom is 0.263 e.